The van der Waals surface area contributed by atoms with Crippen molar-refractivity contribution in [2.75, 3.05) is 43.0 Å². The van der Waals surface area contributed by atoms with E-state index in [1.54, 1.807) is 0 Å². The van der Waals surface area contributed by atoms with Gasteiger partial charge in [0, 0.05) is 43.2 Å². The maximum atomic E-state index is 12.5. The molecule has 1 saturated heterocycles. The first-order valence-corrected chi connectivity index (χ1v) is 11.4. The number of aromatic amines is 1. The largest absolute Gasteiger partial charge is 0.357 e. The van der Waals surface area contributed by atoms with Gasteiger partial charge in [-0.05, 0) is 56.0 Å². The maximum Gasteiger partial charge on any atom is 0.246 e. The number of nitrogens with zero attached hydrogens (tertiary/aromatic N) is 4. The Labute approximate surface area is 182 Å². The highest BCUT2D eigenvalue weighted by Gasteiger charge is 2.46. The van der Waals surface area contributed by atoms with E-state index in [9.17, 15) is 4.79 Å². The van der Waals surface area contributed by atoms with Crippen LogP contribution in [-0.2, 0) is 11.2 Å². The molecular weight excluding hydrogens is 386 g/mol. The first-order chi connectivity index (χ1) is 15.1. The van der Waals surface area contributed by atoms with Crippen molar-refractivity contribution in [3.8, 4) is 0 Å². The minimum atomic E-state index is 0.203. The smallest absolute Gasteiger partial charge is 0.246 e. The highest BCUT2D eigenvalue weighted by atomic mass is 16.2. The van der Waals surface area contributed by atoms with Gasteiger partial charge >= 0.3 is 0 Å². The number of piperidine rings is 1. The number of para-hydroxylation sites is 1. The van der Waals surface area contributed by atoms with Crippen LogP contribution in [0.15, 0.2) is 36.4 Å². The third-order valence-corrected chi connectivity index (χ3v) is 7.53. The molecule has 1 aromatic heterocycles. The van der Waals surface area contributed by atoms with Crippen LogP contribution in [-0.4, -0.2) is 60.3 Å². The Morgan fingerprint density at radius 3 is 3.03 bits per heavy atom. The third kappa shape index (κ3) is 2.96. The van der Waals surface area contributed by atoms with Crippen LogP contribution in [0, 0.1) is 6.92 Å². The number of rotatable bonds is 4. The predicted molar refractivity (Wildman–Crippen MR) is 124 cm³/mol. The minimum Gasteiger partial charge on any atom is -0.357 e. The van der Waals surface area contributed by atoms with E-state index < -0.39 is 0 Å². The van der Waals surface area contributed by atoms with E-state index in [0.717, 1.165) is 50.1 Å². The molecule has 0 radical (unpaired) electrons. The number of carbonyl (C=O) groups excluding carboxylic acids is 1. The van der Waals surface area contributed by atoms with E-state index >= 15 is 0 Å². The molecule has 3 aromatic rings. The molecule has 6 nitrogen and oxygen atoms in total. The number of nitrogens with one attached hydrogen (secondary N) is 1. The van der Waals surface area contributed by atoms with Gasteiger partial charge in [0.1, 0.15) is 0 Å². The number of hydrogen-bond acceptors (Lipinski definition) is 4. The minimum absolute atomic E-state index is 0.203. The Balaban J connectivity index is 1.15. The fourth-order valence-electron chi connectivity index (χ4n) is 5.92. The Hall–Kier alpha value is -2.86. The second-order valence-corrected chi connectivity index (χ2v) is 9.39. The first kappa shape index (κ1) is 18.9. The summed E-state index contributed by atoms with van der Waals surface area (Å²) < 4.78 is 0. The van der Waals surface area contributed by atoms with Gasteiger partial charge in [-0.2, -0.15) is 5.10 Å². The summed E-state index contributed by atoms with van der Waals surface area (Å²) in [5.74, 6) is 0.702. The van der Waals surface area contributed by atoms with Gasteiger partial charge in [0.15, 0.2) is 0 Å². The zero-order chi connectivity index (χ0) is 21.1. The maximum absolute atomic E-state index is 12.5. The van der Waals surface area contributed by atoms with Gasteiger partial charge in [0.25, 0.3) is 0 Å². The molecule has 2 aromatic carbocycles. The molecule has 3 aliphatic heterocycles. The summed E-state index contributed by atoms with van der Waals surface area (Å²) in [5, 5.41) is 8.99. The van der Waals surface area contributed by atoms with Gasteiger partial charge in [-0.1, -0.05) is 24.3 Å². The standard InChI is InChI=1S/C25H29N5O/c1-16-8-9-18-20(26-27-21(18)13-16)6-4-11-29-12-10-22-19(14-29)17-5-3-7-23-25(17)30(22)15-24(31)28(23)2/h3,5,7-9,13,19,22H,4,6,10-12,14-15H2,1-2H3,(H,26,27)/t19-,22-/m0/s1. The molecule has 1 N–H and O–H groups in total. The molecule has 160 valence electrons. The van der Waals surface area contributed by atoms with Gasteiger partial charge in [-0.3, -0.25) is 9.89 Å². The molecule has 0 unspecified atom stereocenters. The van der Waals surface area contributed by atoms with Crippen molar-refractivity contribution in [3.63, 3.8) is 0 Å². The zero-order valence-corrected chi connectivity index (χ0v) is 18.3. The number of likely N-dealkylation sites (tertiary alicyclic amines) is 1. The third-order valence-electron chi connectivity index (χ3n) is 7.53. The number of likely N-dealkylation sites (N-methyl/N-ethyl adjacent to an activating group) is 1. The second-order valence-electron chi connectivity index (χ2n) is 9.39. The second kappa shape index (κ2) is 7.09. The van der Waals surface area contributed by atoms with E-state index in [1.807, 2.05) is 11.9 Å². The average molecular weight is 416 g/mol. The summed E-state index contributed by atoms with van der Waals surface area (Å²) in [6, 6.07) is 13.5. The summed E-state index contributed by atoms with van der Waals surface area (Å²) >= 11 is 0. The highest BCUT2D eigenvalue weighted by molar-refractivity contribution is 6.04. The van der Waals surface area contributed by atoms with Crippen LogP contribution in [0.25, 0.3) is 10.9 Å². The fraction of sp³-hybridized carbons (Fsp3) is 0.440. The van der Waals surface area contributed by atoms with E-state index in [2.05, 4.69) is 63.3 Å². The molecule has 0 spiro atoms. The van der Waals surface area contributed by atoms with Gasteiger partial charge in [0.05, 0.1) is 23.4 Å². The molecule has 0 saturated carbocycles. The van der Waals surface area contributed by atoms with E-state index in [0.29, 0.717) is 18.5 Å². The van der Waals surface area contributed by atoms with Crippen molar-refractivity contribution in [2.24, 2.45) is 0 Å². The van der Waals surface area contributed by atoms with Crippen LogP contribution in [0.4, 0.5) is 11.4 Å². The molecule has 2 atom stereocenters. The topological polar surface area (TPSA) is 55.5 Å². The normalized spacial score (nSPS) is 22.8. The monoisotopic (exact) mass is 415 g/mol. The van der Waals surface area contributed by atoms with Crippen molar-refractivity contribution >= 4 is 28.2 Å². The van der Waals surface area contributed by atoms with Crippen LogP contribution < -0.4 is 9.80 Å². The lowest BCUT2D eigenvalue weighted by atomic mass is 9.89. The molecular formula is C25H29N5O. The van der Waals surface area contributed by atoms with Crippen molar-refractivity contribution in [3.05, 3.63) is 53.2 Å². The quantitative estimate of drug-likeness (QED) is 0.709. The molecule has 1 fully saturated rings. The van der Waals surface area contributed by atoms with Crippen LogP contribution in [0.1, 0.15) is 35.6 Å². The number of anilines is 2. The van der Waals surface area contributed by atoms with Crippen LogP contribution in [0.3, 0.4) is 0 Å². The highest BCUT2D eigenvalue weighted by Crippen LogP contribution is 2.50. The lowest BCUT2D eigenvalue weighted by Gasteiger charge is -2.40. The number of hydrogen-bond donors (Lipinski definition) is 1. The number of amides is 1. The van der Waals surface area contributed by atoms with Crippen molar-refractivity contribution in [2.45, 2.75) is 38.1 Å². The van der Waals surface area contributed by atoms with E-state index in [-0.39, 0.29) is 5.91 Å². The first-order valence-electron chi connectivity index (χ1n) is 11.4. The summed E-state index contributed by atoms with van der Waals surface area (Å²) in [4.78, 5) is 19.4. The Kier molecular flexibility index (Phi) is 4.32. The predicted octanol–water partition coefficient (Wildman–Crippen LogP) is 3.46. The van der Waals surface area contributed by atoms with Crippen molar-refractivity contribution < 1.29 is 4.79 Å². The average Bonchev–Trinajstić information content (AvgIpc) is 3.31. The zero-order valence-electron chi connectivity index (χ0n) is 18.3. The summed E-state index contributed by atoms with van der Waals surface area (Å²) in [6.45, 7) is 5.92. The molecule has 0 bridgehead atoms. The van der Waals surface area contributed by atoms with Gasteiger partial charge in [-0.25, -0.2) is 0 Å². The van der Waals surface area contributed by atoms with E-state index in [1.165, 1.54) is 27.9 Å². The molecule has 6 heteroatoms. The molecule has 31 heavy (non-hydrogen) atoms. The van der Waals surface area contributed by atoms with Crippen LogP contribution >= 0.6 is 0 Å². The number of fused-ring (bicyclic) bond motifs is 4. The SMILES string of the molecule is Cc1ccc2c(CCCN3CC[C@H]4[C@@H](C3)c3cccc5c3N4CC(=O)N5C)[nH]nc2c1. The summed E-state index contributed by atoms with van der Waals surface area (Å²) in [7, 11) is 1.91. The number of carbonyl (C=O) groups is 1. The van der Waals surface area contributed by atoms with E-state index in [4.69, 9.17) is 0 Å². The van der Waals surface area contributed by atoms with Crippen LogP contribution in [0.5, 0.6) is 0 Å². The summed E-state index contributed by atoms with van der Waals surface area (Å²) in [6.07, 6.45) is 3.28. The van der Waals surface area contributed by atoms with Crippen molar-refractivity contribution in [1.82, 2.24) is 15.1 Å². The molecule has 4 heterocycles. The Morgan fingerprint density at radius 1 is 1.23 bits per heavy atom. The Morgan fingerprint density at radius 2 is 2.13 bits per heavy atom. The number of benzene rings is 2. The van der Waals surface area contributed by atoms with Gasteiger partial charge in [-0.15, -0.1) is 0 Å². The Bertz CT molecular complexity index is 1170. The molecule has 1 amide bonds. The molecule has 6 rings (SSSR count). The fourth-order valence-corrected chi connectivity index (χ4v) is 5.92. The lowest BCUT2D eigenvalue weighted by molar-refractivity contribution is -0.117. The van der Waals surface area contributed by atoms with Gasteiger partial charge < -0.3 is 14.7 Å². The molecule has 3 aliphatic rings. The lowest BCUT2D eigenvalue weighted by Crippen LogP contribution is -2.51. The van der Waals surface area contributed by atoms with Gasteiger partial charge in [0.2, 0.25) is 5.91 Å². The van der Waals surface area contributed by atoms with Crippen LogP contribution in [0.2, 0.25) is 0 Å². The summed E-state index contributed by atoms with van der Waals surface area (Å²) in [5.41, 5.74) is 7.39. The number of H-pyrrole nitrogens is 1. The number of aryl methyl sites for hydroxylation is 2. The number of aromatic nitrogens is 2. The van der Waals surface area contributed by atoms with Crippen molar-refractivity contribution in [1.29, 1.82) is 0 Å². The molecule has 0 aliphatic carbocycles.